The van der Waals surface area contributed by atoms with Crippen LogP contribution in [0.25, 0.3) is 0 Å². The van der Waals surface area contributed by atoms with Crippen molar-refractivity contribution in [3.63, 3.8) is 0 Å². The van der Waals surface area contributed by atoms with Crippen LogP contribution in [0.2, 0.25) is 0 Å². The topological polar surface area (TPSA) is 48.4 Å². The zero-order valence-electron chi connectivity index (χ0n) is 13.1. The van der Waals surface area contributed by atoms with Crippen molar-refractivity contribution in [2.45, 2.75) is 45.4 Å². The largest absolute Gasteiger partial charge is 0.597 e. The number of nitrogens with zero attached hydrogens (tertiary/aromatic N) is 2. The Balaban J connectivity index is 3.02. The summed E-state index contributed by atoms with van der Waals surface area (Å²) in [5, 5.41) is 0. The first-order valence-electron chi connectivity index (χ1n) is 6.70. The molecule has 1 unspecified atom stereocenters. The Bertz CT molecular complexity index is 451. The van der Waals surface area contributed by atoms with E-state index in [9.17, 15) is 4.55 Å². The van der Waals surface area contributed by atoms with Gasteiger partial charge in [0.2, 0.25) is 5.88 Å². The fourth-order valence-electron chi connectivity index (χ4n) is 1.94. The van der Waals surface area contributed by atoms with Crippen LogP contribution in [0.3, 0.4) is 0 Å². The van der Waals surface area contributed by atoms with Gasteiger partial charge in [-0.25, -0.2) is 4.98 Å². The predicted molar refractivity (Wildman–Crippen MR) is 84.9 cm³/mol. The number of aromatic nitrogens is 1. The molecule has 0 aliphatic carbocycles. The fraction of sp³-hybridized carbons (Fsp3) is 0.643. The third-order valence-electron chi connectivity index (χ3n) is 3.06. The lowest BCUT2D eigenvalue weighted by Crippen LogP contribution is -2.44. The average Bonchev–Trinajstić information content (AvgIpc) is 2.38. The summed E-state index contributed by atoms with van der Waals surface area (Å²) in [5.41, 5.74) is 1.43. The molecule has 4 nitrogen and oxygen atoms in total. The second kappa shape index (κ2) is 6.83. The lowest BCUT2D eigenvalue weighted by atomic mass is 9.94. The molecule has 6 heteroatoms. The molecule has 1 aromatic rings. The van der Waals surface area contributed by atoms with E-state index in [1.165, 1.54) is 7.11 Å². The van der Waals surface area contributed by atoms with Crippen molar-refractivity contribution in [1.29, 1.82) is 0 Å². The number of methoxy groups -OCH3 is 1. The van der Waals surface area contributed by atoms with Gasteiger partial charge in [-0.3, -0.25) is 0 Å². The summed E-state index contributed by atoms with van der Waals surface area (Å²) in [4.78, 5) is 4.18. The molecule has 0 fully saturated rings. The molecule has 0 N–H and O–H groups in total. The summed E-state index contributed by atoms with van der Waals surface area (Å²) in [6.45, 7) is 10.6. The van der Waals surface area contributed by atoms with Crippen LogP contribution in [0.1, 0.15) is 46.2 Å². The van der Waals surface area contributed by atoms with Gasteiger partial charge in [0.15, 0.2) is 0 Å². The van der Waals surface area contributed by atoms with E-state index in [2.05, 4.69) is 4.98 Å². The van der Waals surface area contributed by atoms with Crippen LogP contribution in [-0.4, -0.2) is 40.1 Å². The van der Waals surface area contributed by atoms with Crippen LogP contribution in [0, 0.1) is 0 Å². The second-order valence-corrected chi connectivity index (χ2v) is 7.83. The van der Waals surface area contributed by atoms with Crippen molar-refractivity contribution in [3.8, 4) is 5.88 Å². The van der Waals surface area contributed by atoms with Crippen LogP contribution >= 0.6 is 0 Å². The minimum absolute atomic E-state index is 0.0271. The maximum absolute atomic E-state index is 12.6. The molecule has 1 aromatic heterocycles. The van der Waals surface area contributed by atoms with Gasteiger partial charge >= 0.3 is 0 Å². The number of hydrogen-bond acceptors (Lipinski definition) is 4. The lowest BCUT2D eigenvalue weighted by Gasteiger charge is -2.35. The van der Waals surface area contributed by atoms with Crippen LogP contribution < -0.4 is 10.2 Å². The van der Waals surface area contributed by atoms with Gasteiger partial charge in [-0.1, -0.05) is 6.07 Å². The number of rotatable bonds is 5. The standard InChI is InChI=1S/C14H23BN2O2S/c1-7-17(20(18)14(3,4)5)10(2)11-8-12(15)13(19-6)16-9-11/h8-10H,7H2,1-6H3/t10-,20?/m1/s1. The van der Waals surface area contributed by atoms with E-state index in [1.807, 2.05) is 45.0 Å². The van der Waals surface area contributed by atoms with Gasteiger partial charge in [-0.15, -0.1) is 4.31 Å². The number of hydrogen-bond donors (Lipinski definition) is 0. The van der Waals surface area contributed by atoms with E-state index in [4.69, 9.17) is 12.6 Å². The monoisotopic (exact) mass is 294 g/mol. The van der Waals surface area contributed by atoms with Gasteiger partial charge in [0.1, 0.15) is 12.6 Å². The van der Waals surface area contributed by atoms with Crippen LogP contribution in [-0.2, 0) is 11.4 Å². The van der Waals surface area contributed by atoms with Crippen LogP contribution in [0.4, 0.5) is 0 Å². The third-order valence-corrected chi connectivity index (χ3v) is 5.10. The van der Waals surface area contributed by atoms with Gasteiger partial charge < -0.3 is 9.29 Å². The first kappa shape index (κ1) is 17.3. The van der Waals surface area contributed by atoms with Crippen LogP contribution in [0.15, 0.2) is 12.3 Å². The Hall–Kier alpha value is -0.715. The molecule has 110 valence electrons. The molecular formula is C14H23BN2O2S. The Labute approximate surface area is 126 Å². The highest BCUT2D eigenvalue weighted by atomic mass is 32.2. The molecule has 20 heavy (non-hydrogen) atoms. The lowest BCUT2D eigenvalue weighted by molar-refractivity contribution is 0.343. The third kappa shape index (κ3) is 3.90. The van der Waals surface area contributed by atoms with E-state index in [1.54, 1.807) is 6.20 Å². The highest BCUT2D eigenvalue weighted by molar-refractivity contribution is 7.90. The zero-order valence-corrected chi connectivity index (χ0v) is 14.0. The Morgan fingerprint density at radius 3 is 2.50 bits per heavy atom. The van der Waals surface area contributed by atoms with Crippen molar-refractivity contribution in [2.75, 3.05) is 13.7 Å². The number of pyridine rings is 1. The molecule has 2 atom stereocenters. The SMILES string of the molecule is [B]c1cc([C@@H](C)N(CC)[S+]([O-])C(C)(C)C)cnc1OC. The zero-order chi connectivity index (χ0) is 15.5. The molecule has 0 bridgehead atoms. The molecule has 0 saturated heterocycles. The molecule has 0 amide bonds. The Kier molecular flexibility index (Phi) is 5.92. The van der Waals surface area contributed by atoms with Crippen molar-refractivity contribution in [2.24, 2.45) is 0 Å². The summed E-state index contributed by atoms with van der Waals surface area (Å²) < 4.78 is 19.3. The van der Waals surface area contributed by atoms with Crippen molar-refractivity contribution < 1.29 is 9.29 Å². The average molecular weight is 294 g/mol. The van der Waals surface area contributed by atoms with E-state index >= 15 is 0 Å². The summed E-state index contributed by atoms with van der Waals surface area (Å²) in [7, 11) is 7.43. The van der Waals surface area contributed by atoms with E-state index < -0.39 is 11.4 Å². The summed E-state index contributed by atoms with van der Waals surface area (Å²) in [6.07, 6.45) is 1.72. The Morgan fingerprint density at radius 2 is 2.10 bits per heavy atom. The maximum Gasteiger partial charge on any atom is 0.205 e. The first-order chi connectivity index (χ1) is 9.22. The van der Waals surface area contributed by atoms with Crippen molar-refractivity contribution in [1.82, 2.24) is 9.29 Å². The van der Waals surface area contributed by atoms with Crippen molar-refractivity contribution >= 4 is 24.7 Å². The van der Waals surface area contributed by atoms with Gasteiger partial charge in [-0.05, 0) is 45.6 Å². The van der Waals surface area contributed by atoms with E-state index in [-0.39, 0.29) is 10.8 Å². The molecule has 2 radical (unpaired) electrons. The molecule has 0 aliphatic heterocycles. The summed E-state index contributed by atoms with van der Waals surface area (Å²) in [5.74, 6) is 0.418. The van der Waals surface area contributed by atoms with Gasteiger partial charge in [0.05, 0.1) is 13.2 Å². The normalized spacial score (nSPS) is 15.2. The maximum atomic E-state index is 12.6. The smallest absolute Gasteiger partial charge is 0.205 e. The Morgan fingerprint density at radius 1 is 1.50 bits per heavy atom. The minimum atomic E-state index is -1.09. The fourth-order valence-corrected chi connectivity index (χ4v) is 3.29. The van der Waals surface area contributed by atoms with Gasteiger partial charge in [0, 0.05) is 24.1 Å². The highest BCUT2D eigenvalue weighted by Gasteiger charge is 2.35. The van der Waals surface area contributed by atoms with Gasteiger partial charge in [0.25, 0.3) is 0 Å². The molecule has 1 heterocycles. The molecule has 1 rings (SSSR count). The highest BCUT2D eigenvalue weighted by Crippen LogP contribution is 2.29. The molecule has 0 aliphatic rings. The molecule has 0 saturated carbocycles. The predicted octanol–water partition coefficient (Wildman–Crippen LogP) is 1.73. The van der Waals surface area contributed by atoms with E-state index in [0.717, 1.165) is 5.56 Å². The quantitative estimate of drug-likeness (QED) is 0.613. The summed E-state index contributed by atoms with van der Waals surface area (Å²) in [6, 6.07) is 1.81. The number of ether oxygens (including phenoxy) is 1. The van der Waals surface area contributed by atoms with Gasteiger partial charge in [-0.2, -0.15) is 0 Å². The van der Waals surface area contributed by atoms with Crippen LogP contribution in [0.5, 0.6) is 5.88 Å². The molecule has 0 aromatic carbocycles. The first-order valence-corrected chi connectivity index (χ1v) is 7.81. The second-order valence-electron chi connectivity index (χ2n) is 5.64. The van der Waals surface area contributed by atoms with E-state index in [0.29, 0.717) is 17.9 Å². The minimum Gasteiger partial charge on any atom is -0.597 e. The molecule has 0 spiro atoms. The molecular weight excluding hydrogens is 271 g/mol. The summed E-state index contributed by atoms with van der Waals surface area (Å²) >= 11 is -1.09. The van der Waals surface area contributed by atoms with Crippen molar-refractivity contribution in [3.05, 3.63) is 17.8 Å².